The molecule has 1 aliphatic carbocycles. The standard InChI is InChI=1S/C15H17N/c1-10-5-11(9-16)6-12-7-13(8-14(10)12)15(2,3)4/h5-7H,8H2,1-4H3. The summed E-state index contributed by atoms with van der Waals surface area (Å²) in [6, 6.07) is 6.21. The minimum Gasteiger partial charge on any atom is -0.192 e. The summed E-state index contributed by atoms with van der Waals surface area (Å²) >= 11 is 0. The second-order valence-corrected chi connectivity index (χ2v) is 5.57. The summed E-state index contributed by atoms with van der Waals surface area (Å²) in [6.07, 6.45) is 3.29. The Kier molecular flexibility index (Phi) is 2.39. The Labute approximate surface area is 97.4 Å². The van der Waals surface area contributed by atoms with Gasteiger partial charge < -0.3 is 0 Å². The lowest BCUT2D eigenvalue weighted by Crippen LogP contribution is -2.09. The molecule has 0 aliphatic heterocycles. The summed E-state index contributed by atoms with van der Waals surface area (Å²) in [6.45, 7) is 8.82. The molecule has 2 rings (SSSR count). The molecule has 0 spiro atoms. The van der Waals surface area contributed by atoms with Crippen molar-refractivity contribution < 1.29 is 0 Å². The molecule has 0 saturated heterocycles. The molecular weight excluding hydrogens is 194 g/mol. The zero-order valence-corrected chi connectivity index (χ0v) is 10.4. The summed E-state index contributed by atoms with van der Waals surface area (Å²) in [5.41, 5.74) is 6.32. The van der Waals surface area contributed by atoms with Crippen LogP contribution < -0.4 is 0 Å². The third-order valence-electron chi connectivity index (χ3n) is 3.30. The molecule has 0 heterocycles. The van der Waals surface area contributed by atoms with E-state index in [1.165, 1.54) is 22.3 Å². The van der Waals surface area contributed by atoms with Crippen LogP contribution in [0.1, 0.15) is 43.0 Å². The molecule has 0 amide bonds. The summed E-state index contributed by atoms with van der Waals surface area (Å²) in [5, 5.41) is 8.95. The van der Waals surface area contributed by atoms with E-state index in [2.05, 4.69) is 39.8 Å². The summed E-state index contributed by atoms with van der Waals surface area (Å²) < 4.78 is 0. The Bertz CT molecular complexity index is 507. The van der Waals surface area contributed by atoms with Crippen molar-refractivity contribution in [1.82, 2.24) is 0 Å². The van der Waals surface area contributed by atoms with Gasteiger partial charge in [-0.3, -0.25) is 0 Å². The van der Waals surface area contributed by atoms with Crippen molar-refractivity contribution in [3.63, 3.8) is 0 Å². The SMILES string of the molecule is Cc1cc(C#N)cc2c1CC(C(C)(C)C)=C2. The molecule has 0 atom stereocenters. The predicted octanol–water partition coefficient (Wildman–Crippen LogP) is 3.85. The van der Waals surface area contributed by atoms with E-state index >= 15 is 0 Å². The number of nitriles is 1. The second-order valence-electron chi connectivity index (χ2n) is 5.57. The molecule has 0 N–H and O–H groups in total. The van der Waals surface area contributed by atoms with Crippen molar-refractivity contribution in [3.8, 4) is 6.07 Å². The van der Waals surface area contributed by atoms with Crippen molar-refractivity contribution in [1.29, 1.82) is 5.26 Å². The van der Waals surface area contributed by atoms with Crippen LogP contribution >= 0.6 is 0 Å². The quantitative estimate of drug-likeness (QED) is 0.639. The van der Waals surface area contributed by atoms with Crippen molar-refractivity contribution in [3.05, 3.63) is 40.0 Å². The highest BCUT2D eigenvalue weighted by Gasteiger charge is 2.24. The number of rotatable bonds is 0. The van der Waals surface area contributed by atoms with Crippen molar-refractivity contribution >= 4 is 6.08 Å². The van der Waals surface area contributed by atoms with Crippen LogP contribution in [0.3, 0.4) is 0 Å². The van der Waals surface area contributed by atoms with Gasteiger partial charge in [-0.05, 0) is 47.6 Å². The third-order valence-corrected chi connectivity index (χ3v) is 3.30. The fraction of sp³-hybridized carbons (Fsp3) is 0.400. The molecule has 1 aliphatic rings. The Morgan fingerprint density at radius 2 is 1.94 bits per heavy atom. The maximum absolute atomic E-state index is 8.95. The van der Waals surface area contributed by atoms with E-state index in [0.717, 1.165) is 12.0 Å². The van der Waals surface area contributed by atoms with E-state index in [9.17, 15) is 0 Å². The van der Waals surface area contributed by atoms with Crippen LogP contribution in [0.4, 0.5) is 0 Å². The van der Waals surface area contributed by atoms with Gasteiger partial charge in [0.05, 0.1) is 11.6 Å². The maximum Gasteiger partial charge on any atom is 0.0991 e. The Hall–Kier alpha value is -1.55. The van der Waals surface area contributed by atoms with E-state index in [0.29, 0.717) is 0 Å². The highest BCUT2D eigenvalue weighted by atomic mass is 14.3. The number of benzene rings is 1. The normalized spacial score (nSPS) is 14.3. The van der Waals surface area contributed by atoms with Gasteiger partial charge in [-0.2, -0.15) is 5.26 Å². The Morgan fingerprint density at radius 3 is 2.50 bits per heavy atom. The molecule has 82 valence electrons. The molecule has 0 fully saturated rings. The molecule has 1 aromatic carbocycles. The van der Waals surface area contributed by atoms with Crippen LogP contribution in [-0.4, -0.2) is 0 Å². The smallest absolute Gasteiger partial charge is 0.0991 e. The van der Waals surface area contributed by atoms with Gasteiger partial charge >= 0.3 is 0 Å². The third kappa shape index (κ3) is 1.76. The van der Waals surface area contributed by atoms with Crippen LogP contribution in [0.15, 0.2) is 17.7 Å². The van der Waals surface area contributed by atoms with E-state index < -0.39 is 0 Å². The van der Waals surface area contributed by atoms with Gasteiger partial charge in [0.25, 0.3) is 0 Å². The minimum atomic E-state index is 0.221. The fourth-order valence-corrected chi connectivity index (χ4v) is 2.19. The zero-order valence-electron chi connectivity index (χ0n) is 10.4. The van der Waals surface area contributed by atoms with E-state index in [-0.39, 0.29) is 5.41 Å². The van der Waals surface area contributed by atoms with Gasteiger partial charge in [-0.25, -0.2) is 0 Å². The second kappa shape index (κ2) is 3.49. The molecular formula is C15H17N. The highest BCUT2D eigenvalue weighted by Crippen LogP contribution is 2.37. The van der Waals surface area contributed by atoms with Crippen LogP contribution in [0.2, 0.25) is 0 Å². The van der Waals surface area contributed by atoms with Crippen molar-refractivity contribution in [2.24, 2.45) is 5.41 Å². The van der Waals surface area contributed by atoms with E-state index in [1.807, 2.05) is 12.1 Å². The first-order chi connectivity index (χ1) is 7.41. The Balaban J connectivity index is 2.50. The number of hydrogen-bond donors (Lipinski definition) is 0. The van der Waals surface area contributed by atoms with E-state index in [4.69, 9.17) is 5.26 Å². The molecule has 0 saturated carbocycles. The number of aryl methyl sites for hydroxylation is 1. The average molecular weight is 211 g/mol. The number of allylic oxidation sites excluding steroid dienone is 1. The fourth-order valence-electron chi connectivity index (χ4n) is 2.19. The minimum absolute atomic E-state index is 0.221. The number of hydrogen-bond acceptors (Lipinski definition) is 1. The summed E-state index contributed by atoms with van der Waals surface area (Å²) in [4.78, 5) is 0. The molecule has 0 aromatic heterocycles. The lowest BCUT2D eigenvalue weighted by Gasteiger charge is -2.20. The topological polar surface area (TPSA) is 23.8 Å². The van der Waals surface area contributed by atoms with Gasteiger partial charge in [0.1, 0.15) is 0 Å². The molecule has 1 nitrogen and oxygen atoms in total. The summed E-state index contributed by atoms with van der Waals surface area (Å²) in [7, 11) is 0. The van der Waals surface area contributed by atoms with Crippen LogP contribution in [-0.2, 0) is 6.42 Å². The molecule has 1 aromatic rings. The van der Waals surface area contributed by atoms with E-state index in [1.54, 1.807) is 0 Å². The van der Waals surface area contributed by atoms with Gasteiger partial charge in [0, 0.05) is 0 Å². The van der Waals surface area contributed by atoms with Crippen LogP contribution in [0.25, 0.3) is 6.08 Å². The molecule has 1 heteroatoms. The first-order valence-corrected chi connectivity index (χ1v) is 5.66. The molecule has 0 unspecified atom stereocenters. The lowest BCUT2D eigenvalue weighted by molar-refractivity contribution is 0.498. The van der Waals surface area contributed by atoms with Crippen LogP contribution in [0, 0.1) is 23.7 Å². The van der Waals surface area contributed by atoms with Gasteiger partial charge in [0.15, 0.2) is 0 Å². The van der Waals surface area contributed by atoms with Gasteiger partial charge in [-0.15, -0.1) is 0 Å². The van der Waals surface area contributed by atoms with Crippen molar-refractivity contribution in [2.45, 2.75) is 34.1 Å². The van der Waals surface area contributed by atoms with Crippen LogP contribution in [0.5, 0.6) is 0 Å². The van der Waals surface area contributed by atoms with Gasteiger partial charge in [-0.1, -0.05) is 32.4 Å². The van der Waals surface area contributed by atoms with Gasteiger partial charge in [0.2, 0.25) is 0 Å². The molecule has 16 heavy (non-hydrogen) atoms. The monoisotopic (exact) mass is 211 g/mol. The lowest BCUT2D eigenvalue weighted by atomic mass is 9.85. The maximum atomic E-state index is 8.95. The zero-order chi connectivity index (χ0) is 11.9. The predicted molar refractivity (Wildman–Crippen MR) is 67.0 cm³/mol. The molecule has 0 radical (unpaired) electrons. The number of nitrogens with zero attached hydrogens (tertiary/aromatic N) is 1. The first-order valence-electron chi connectivity index (χ1n) is 5.66. The average Bonchev–Trinajstić information content (AvgIpc) is 2.61. The highest BCUT2D eigenvalue weighted by molar-refractivity contribution is 5.68. The molecule has 0 bridgehead atoms. The summed E-state index contributed by atoms with van der Waals surface area (Å²) in [5.74, 6) is 0. The first kappa shape index (κ1) is 11.0. The largest absolute Gasteiger partial charge is 0.192 e. The number of fused-ring (bicyclic) bond motifs is 1. The Morgan fingerprint density at radius 1 is 1.25 bits per heavy atom. The van der Waals surface area contributed by atoms with Crippen molar-refractivity contribution in [2.75, 3.05) is 0 Å².